The van der Waals surface area contributed by atoms with Gasteiger partial charge in [-0.3, -0.25) is 25.8 Å². The number of aromatic hydroxyl groups is 1. The Morgan fingerprint density at radius 1 is 0.889 bits per heavy atom. The van der Waals surface area contributed by atoms with Crippen molar-refractivity contribution in [2.75, 3.05) is 5.32 Å². The number of amides is 3. The molecule has 27 heavy (non-hydrogen) atoms. The Morgan fingerprint density at radius 3 is 2.07 bits per heavy atom. The molecule has 0 aliphatic carbocycles. The van der Waals surface area contributed by atoms with Crippen molar-refractivity contribution in [2.45, 2.75) is 26.4 Å². The first-order valence-electron chi connectivity index (χ1n) is 8.14. The molecule has 0 aromatic heterocycles. The van der Waals surface area contributed by atoms with Crippen LogP contribution in [0.3, 0.4) is 0 Å². The summed E-state index contributed by atoms with van der Waals surface area (Å²) in [6.07, 6.45) is -0.602. The van der Waals surface area contributed by atoms with Gasteiger partial charge in [-0.05, 0) is 57.2 Å². The molecule has 2 aromatic rings. The van der Waals surface area contributed by atoms with Crippen LogP contribution < -0.4 is 16.2 Å². The molecular formula is C19H21N3O5. The van der Waals surface area contributed by atoms with Gasteiger partial charge in [-0.15, -0.1) is 0 Å². The molecule has 0 fully saturated rings. The fourth-order valence-electron chi connectivity index (χ4n) is 2.05. The van der Waals surface area contributed by atoms with Gasteiger partial charge in [-0.25, -0.2) is 4.79 Å². The van der Waals surface area contributed by atoms with Gasteiger partial charge in [-0.1, -0.05) is 12.1 Å². The van der Waals surface area contributed by atoms with Crippen molar-refractivity contribution in [1.82, 2.24) is 10.9 Å². The molecule has 0 saturated heterocycles. The highest BCUT2D eigenvalue weighted by molar-refractivity contribution is 6.00. The monoisotopic (exact) mass is 371 g/mol. The second kappa shape index (κ2) is 8.22. The van der Waals surface area contributed by atoms with E-state index in [0.29, 0.717) is 5.69 Å². The van der Waals surface area contributed by atoms with Crippen molar-refractivity contribution in [2.24, 2.45) is 0 Å². The lowest BCUT2D eigenvalue weighted by molar-refractivity contribution is 0.0635. The predicted octanol–water partition coefficient (Wildman–Crippen LogP) is 2.81. The van der Waals surface area contributed by atoms with Gasteiger partial charge >= 0.3 is 6.09 Å². The van der Waals surface area contributed by atoms with E-state index in [0.717, 1.165) is 0 Å². The van der Waals surface area contributed by atoms with Gasteiger partial charge in [-0.2, -0.15) is 0 Å². The minimum Gasteiger partial charge on any atom is -0.507 e. The Balaban J connectivity index is 1.91. The third-order valence-electron chi connectivity index (χ3n) is 3.23. The summed E-state index contributed by atoms with van der Waals surface area (Å²) in [5.74, 6) is -1.39. The van der Waals surface area contributed by atoms with Gasteiger partial charge in [0.15, 0.2) is 0 Å². The van der Waals surface area contributed by atoms with E-state index in [1.807, 2.05) is 0 Å². The molecule has 8 heteroatoms. The van der Waals surface area contributed by atoms with Gasteiger partial charge in [0.2, 0.25) is 0 Å². The number of carbonyl (C=O) groups is 3. The topological polar surface area (TPSA) is 117 Å². The molecule has 8 nitrogen and oxygen atoms in total. The predicted molar refractivity (Wildman–Crippen MR) is 99.3 cm³/mol. The number of phenolic OH excluding ortho intramolecular Hbond substituents is 1. The molecule has 0 spiro atoms. The SMILES string of the molecule is CC(C)(C)OC(=O)Nc1ccc(C(=O)NNC(=O)c2ccccc2O)cc1. The first-order valence-corrected chi connectivity index (χ1v) is 8.14. The number of hydrogen-bond donors (Lipinski definition) is 4. The van der Waals surface area contributed by atoms with Gasteiger partial charge < -0.3 is 9.84 Å². The van der Waals surface area contributed by atoms with Crippen LogP contribution in [0.25, 0.3) is 0 Å². The summed E-state index contributed by atoms with van der Waals surface area (Å²) in [7, 11) is 0. The van der Waals surface area contributed by atoms with Crippen molar-refractivity contribution >= 4 is 23.6 Å². The maximum Gasteiger partial charge on any atom is 0.412 e. The molecule has 0 bridgehead atoms. The van der Waals surface area contributed by atoms with Crippen LogP contribution in [-0.2, 0) is 4.74 Å². The van der Waals surface area contributed by atoms with Gasteiger partial charge in [0.05, 0.1) is 5.56 Å². The molecule has 0 unspecified atom stereocenters. The van der Waals surface area contributed by atoms with Crippen LogP contribution in [-0.4, -0.2) is 28.6 Å². The fourth-order valence-corrected chi connectivity index (χ4v) is 2.05. The molecule has 0 atom stereocenters. The minimum atomic E-state index is -0.648. The van der Waals surface area contributed by atoms with E-state index in [1.54, 1.807) is 32.9 Å². The van der Waals surface area contributed by atoms with Gasteiger partial charge in [0.1, 0.15) is 11.4 Å². The Hall–Kier alpha value is -3.55. The third kappa shape index (κ3) is 6.03. The van der Waals surface area contributed by atoms with Crippen LogP contribution in [0, 0.1) is 0 Å². The van der Waals surface area contributed by atoms with E-state index >= 15 is 0 Å². The van der Waals surface area contributed by atoms with Crippen LogP contribution >= 0.6 is 0 Å². The zero-order chi connectivity index (χ0) is 20.0. The van der Waals surface area contributed by atoms with Crippen molar-refractivity contribution in [3.05, 3.63) is 59.7 Å². The molecule has 0 aliphatic rings. The number of carbonyl (C=O) groups excluding carboxylic acids is 3. The Labute approximate surface area is 156 Å². The average Bonchev–Trinajstić information content (AvgIpc) is 2.58. The molecular weight excluding hydrogens is 350 g/mol. The number of benzene rings is 2. The van der Waals surface area contributed by atoms with Gasteiger partial charge in [0.25, 0.3) is 11.8 Å². The first kappa shape index (κ1) is 19.8. The molecule has 0 heterocycles. The lowest BCUT2D eigenvalue weighted by Crippen LogP contribution is -2.41. The molecule has 2 aromatic carbocycles. The van der Waals surface area contributed by atoms with Crippen LogP contribution in [0.4, 0.5) is 10.5 Å². The highest BCUT2D eigenvalue weighted by Crippen LogP contribution is 2.15. The fraction of sp³-hybridized carbons (Fsp3) is 0.211. The normalized spacial score (nSPS) is 10.6. The minimum absolute atomic E-state index is 0.0368. The average molecular weight is 371 g/mol. The molecule has 3 amide bonds. The highest BCUT2D eigenvalue weighted by atomic mass is 16.6. The number of nitrogens with one attached hydrogen (secondary N) is 3. The smallest absolute Gasteiger partial charge is 0.412 e. The largest absolute Gasteiger partial charge is 0.507 e. The van der Waals surface area contributed by atoms with Crippen LogP contribution in [0.5, 0.6) is 5.75 Å². The lowest BCUT2D eigenvalue weighted by Gasteiger charge is -2.19. The van der Waals surface area contributed by atoms with Crippen LogP contribution in [0.15, 0.2) is 48.5 Å². The Bertz CT molecular complexity index is 841. The van der Waals surface area contributed by atoms with E-state index in [4.69, 9.17) is 4.74 Å². The Kier molecular flexibility index (Phi) is 6.02. The summed E-state index contributed by atoms with van der Waals surface area (Å²) in [5, 5.41) is 12.2. The molecule has 4 N–H and O–H groups in total. The standard InChI is InChI=1S/C19H21N3O5/c1-19(2,3)27-18(26)20-13-10-8-12(9-11-13)16(24)21-22-17(25)14-6-4-5-7-15(14)23/h4-11,23H,1-3H3,(H,20,26)(H,21,24)(H,22,25). The van der Waals surface area contributed by atoms with Crippen LogP contribution in [0.1, 0.15) is 41.5 Å². The number of rotatable bonds is 3. The molecule has 0 radical (unpaired) electrons. The number of phenols is 1. The van der Waals surface area contributed by atoms with Crippen molar-refractivity contribution in [3.63, 3.8) is 0 Å². The number of hydrogen-bond acceptors (Lipinski definition) is 5. The first-order chi connectivity index (χ1) is 12.7. The van der Waals surface area contributed by atoms with Crippen LogP contribution in [0.2, 0.25) is 0 Å². The van der Waals surface area contributed by atoms with Crippen molar-refractivity contribution < 1.29 is 24.2 Å². The maximum atomic E-state index is 12.1. The maximum absolute atomic E-state index is 12.1. The second-order valence-electron chi connectivity index (χ2n) is 6.63. The number of anilines is 1. The Morgan fingerprint density at radius 2 is 1.48 bits per heavy atom. The summed E-state index contributed by atoms with van der Waals surface area (Å²) >= 11 is 0. The number of para-hydroxylation sites is 1. The quantitative estimate of drug-likeness (QED) is 0.619. The van der Waals surface area contributed by atoms with E-state index in [-0.39, 0.29) is 16.9 Å². The lowest BCUT2D eigenvalue weighted by atomic mass is 10.2. The number of hydrazine groups is 1. The molecule has 0 aliphatic heterocycles. The van der Waals surface area contributed by atoms with E-state index in [2.05, 4.69) is 16.2 Å². The summed E-state index contributed by atoms with van der Waals surface area (Å²) in [6, 6.07) is 12.0. The third-order valence-corrected chi connectivity index (χ3v) is 3.23. The highest BCUT2D eigenvalue weighted by Gasteiger charge is 2.16. The zero-order valence-corrected chi connectivity index (χ0v) is 15.2. The van der Waals surface area contributed by atoms with Crippen molar-refractivity contribution in [3.8, 4) is 5.75 Å². The molecule has 2 rings (SSSR count). The summed E-state index contributed by atoms with van der Waals surface area (Å²) in [4.78, 5) is 35.7. The summed E-state index contributed by atoms with van der Waals surface area (Å²) in [5.41, 5.74) is 4.62. The van der Waals surface area contributed by atoms with E-state index in [1.165, 1.54) is 36.4 Å². The van der Waals surface area contributed by atoms with E-state index in [9.17, 15) is 19.5 Å². The molecule has 142 valence electrons. The van der Waals surface area contributed by atoms with E-state index < -0.39 is 23.5 Å². The van der Waals surface area contributed by atoms with Crippen molar-refractivity contribution in [1.29, 1.82) is 0 Å². The van der Waals surface area contributed by atoms with Gasteiger partial charge in [0, 0.05) is 11.3 Å². The summed E-state index contributed by atoms with van der Waals surface area (Å²) < 4.78 is 5.14. The molecule has 0 saturated carbocycles. The zero-order valence-electron chi connectivity index (χ0n) is 15.2. The summed E-state index contributed by atoms with van der Waals surface area (Å²) in [6.45, 7) is 5.26. The number of ether oxygens (including phenoxy) is 1. The second-order valence-corrected chi connectivity index (χ2v) is 6.63.